The average molecular weight is 396 g/mol. The maximum Gasteiger partial charge on any atom is 0.340 e. The molecule has 8 nitrogen and oxygen atoms in total. The number of aromatic hydroxyl groups is 1. The molecule has 1 aromatic carbocycles. The Morgan fingerprint density at radius 1 is 1.03 bits per heavy atom. The molecule has 29 heavy (non-hydrogen) atoms. The van der Waals surface area contributed by atoms with Crippen molar-refractivity contribution >= 4 is 23.2 Å². The van der Waals surface area contributed by atoms with Crippen LogP contribution >= 0.6 is 0 Å². The zero-order chi connectivity index (χ0) is 20.4. The molecule has 2 aromatic rings. The lowest BCUT2D eigenvalue weighted by atomic mass is 10.2. The van der Waals surface area contributed by atoms with Crippen LogP contribution in [0.4, 0.5) is 22.0 Å². The number of hydrazine groups is 1. The Kier molecular flexibility index (Phi) is 5.44. The summed E-state index contributed by atoms with van der Waals surface area (Å²) in [6, 6.07) is 11.4. The molecular weight excluding hydrogens is 368 g/mol. The Hall–Kier alpha value is -3.00. The van der Waals surface area contributed by atoms with Crippen molar-refractivity contribution in [2.24, 2.45) is 0 Å². The van der Waals surface area contributed by atoms with Crippen LogP contribution in [0.25, 0.3) is 0 Å². The number of nitrogens with one attached hydrogen (secondary N) is 1. The Bertz CT molecular complexity index is 833. The predicted octanol–water partition coefficient (Wildman–Crippen LogP) is 2.62. The van der Waals surface area contributed by atoms with Crippen molar-refractivity contribution in [2.75, 3.05) is 47.5 Å². The number of aromatic nitrogens is 1. The molecule has 0 aliphatic carbocycles. The van der Waals surface area contributed by atoms with Gasteiger partial charge in [-0.05, 0) is 49.7 Å². The number of carbonyl (C=O) groups is 1. The second-order valence-corrected chi connectivity index (χ2v) is 7.52. The van der Waals surface area contributed by atoms with Gasteiger partial charge >= 0.3 is 6.03 Å². The minimum atomic E-state index is -0.0311. The Balaban J connectivity index is 1.37. The summed E-state index contributed by atoms with van der Waals surface area (Å²) in [6.07, 6.45) is 2.68. The summed E-state index contributed by atoms with van der Waals surface area (Å²) in [4.78, 5) is 23.5. The van der Waals surface area contributed by atoms with Gasteiger partial charge in [0.15, 0.2) is 0 Å². The maximum atomic E-state index is 12.6. The highest BCUT2D eigenvalue weighted by atomic mass is 16.3. The average Bonchev–Trinajstić information content (AvgIpc) is 3.15. The van der Waals surface area contributed by atoms with Crippen LogP contribution in [-0.4, -0.2) is 60.0 Å². The molecule has 1 aromatic heterocycles. The van der Waals surface area contributed by atoms with Crippen LogP contribution < -0.4 is 20.1 Å². The lowest BCUT2D eigenvalue weighted by Gasteiger charge is -2.36. The van der Waals surface area contributed by atoms with Crippen molar-refractivity contribution in [2.45, 2.75) is 26.3 Å². The molecule has 8 heteroatoms. The van der Waals surface area contributed by atoms with Crippen LogP contribution in [0.1, 0.15) is 20.3 Å². The van der Waals surface area contributed by atoms with Crippen LogP contribution in [0.2, 0.25) is 0 Å². The van der Waals surface area contributed by atoms with Gasteiger partial charge in [0, 0.05) is 37.9 Å². The molecule has 3 heterocycles. The summed E-state index contributed by atoms with van der Waals surface area (Å²) in [5.41, 5.74) is 5.09. The summed E-state index contributed by atoms with van der Waals surface area (Å²) < 4.78 is 0. The number of anilines is 3. The number of hydrogen-bond acceptors (Lipinski definition) is 6. The fourth-order valence-corrected chi connectivity index (χ4v) is 3.72. The number of amides is 2. The molecule has 2 amide bonds. The van der Waals surface area contributed by atoms with E-state index in [1.807, 2.05) is 31.2 Å². The van der Waals surface area contributed by atoms with Gasteiger partial charge in [0.25, 0.3) is 0 Å². The zero-order valence-corrected chi connectivity index (χ0v) is 17.0. The van der Waals surface area contributed by atoms with Crippen LogP contribution in [0.5, 0.6) is 5.75 Å². The van der Waals surface area contributed by atoms with E-state index in [2.05, 4.69) is 27.1 Å². The number of pyridine rings is 1. The summed E-state index contributed by atoms with van der Waals surface area (Å²) in [6.45, 7) is 8.11. The first-order valence-electron chi connectivity index (χ1n) is 10.2. The highest BCUT2D eigenvalue weighted by Crippen LogP contribution is 2.24. The zero-order valence-electron chi connectivity index (χ0n) is 17.0. The largest absolute Gasteiger partial charge is 0.508 e. The third kappa shape index (κ3) is 3.93. The van der Waals surface area contributed by atoms with Gasteiger partial charge in [0.2, 0.25) is 0 Å². The third-order valence-electron chi connectivity index (χ3n) is 5.73. The summed E-state index contributed by atoms with van der Waals surface area (Å²) in [5.74, 6) is 1.22. The standard InChI is InChI=1S/C21H28N6O2/c1-3-16(2)27-21(29)26(15-23-27)18-6-9-20(22-14-18)25-12-10-24(11-13-25)17-4-7-19(28)8-5-17/h4-9,14,16,23,28H,3,10-13,15H2,1-2H3. The highest BCUT2D eigenvalue weighted by Gasteiger charge is 2.32. The van der Waals surface area contributed by atoms with Crippen molar-refractivity contribution < 1.29 is 9.90 Å². The second kappa shape index (κ2) is 8.16. The molecule has 2 fully saturated rings. The normalized spacial score (nSPS) is 18.5. The number of rotatable bonds is 5. The summed E-state index contributed by atoms with van der Waals surface area (Å²) in [5, 5.41) is 11.1. The number of benzene rings is 1. The minimum Gasteiger partial charge on any atom is -0.508 e. The van der Waals surface area contributed by atoms with Gasteiger partial charge in [-0.2, -0.15) is 0 Å². The van der Waals surface area contributed by atoms with E-state index in [-0.39, 0.29) is 17.8 Å². The second-order valence-electron chi connectivity index (χ2n) is 7.52. The number of nitrogens with zero attached hydrogens (tertiary/aromatic N) is 5. The molecule has 1 atom stereocenters. The fraction of sp³-hybridized carbons (Fsp3) is 0.429. The molecule has 1 unspecified atom stereocenters. The van der Waals surface area contributed by atoms with Crippen LogP contribution in [0.3, 0.4) is 0 Å². The lowest BCUT2D eigenvalue weighted by Crippen LogP contribution is -2.46. The number of phenolic OH excluding ortho intramolecular Hbond substituents is 1. The van der Waals surface area contributed by atoms with Gasteiger partial charge in [-0.3, -0.25) is 9.91 Å². The van der Waals surface area contributed by atoms with E-state index in [0.717, 1.165) is 49.8 Å². The molecule has 154 valence electrons. The molecule has 2 aliphatic heterocycles. The smallest absolute Gasteiger partial charge is 0.340 e. The van der Waals surface area contributed by atoms with E-state index in [1.54, 1.807) is 28.2 Å². The number of piperazine rings is 1. The van der Waals surface area contributed by atoms with Gasteiger partial charge < -0.3 is 14.9 Å². The first kappa shape index (κ1) is 19.3. The molecule has 2 saturated heterocycles. The van der Waals surface area contributed by atoms with E-state index in [0.29, 0.717) is 6.67 Å². The predicted molar refractivity (Wildman–Crippen MR) is 114 cm³/mol. The Morgan fingerprint density at radius 2 is 1.69 bits per heavy atom. The molecule has 4 rings (SSSR count). The van der Waals surface area contributed by atoms with Gasteiger partial charge in [0.05, 0.1) is 18.6 Å². The lowest BCUT2D eigenvalue weighted by molar-refractivity contribution is 0.176. The van der Waals surface area contributed by atoms with E-state index >= 15 is 0 Å². The topological polar surface area (TPSA) is 75.2 Å². The number of urea groups is 1. The quantitative estimate of drug-likeness (QED) is 0.809. The van der Waals surface area contributed by atoms with Gasteiger partial charge in [-0.1, -0.05) is 6.92 Å². The first-order valence-corrected chi connectivity index (χ1v) is 10.2. The fourth-order valence-electron chi connectivity index (χ4n) is 3.72. The highest BCUT2D eigenvalue weighted by molar-refractivity contribution is 5.93. The minimum absolute atomic E-state index is 0.0311. The molecule has 0 saturated carbocycles. The molecule has 2 N–H and O–H groups in total. The van der Waals surface area contributed by atoms with Gasteiger partial charge in [-0.25, -0.2) is 15.2 Å². The van der Waals surface area contributed by atoms with E-state index < -0.39 is 0 Å². The summed E-state index contributed by atoms with van der Waals surface area (Å²) in [7, 11) is 0. The van der Waals surface area contributed by atoms with E-state index in [9.17, 15) is 9.90 Å². The molecular formula is C21H28N6O2. The van der Waals surface area contributed by atoms with Gasteiger partial charge in [-0.15, -0.1) is 0 Å². The van der Waals surface area contributed by atoms with Crippen LogP contribution in [0, 0.1) is 0 Å². The van der Waals surface area contributed by atoms with Crippen LogP contribution in [-0.2, 0) is 0 Å². The first-order chi connectivity index (χ1) is 14.1. The van der Waals surface area contributed by atoms with Crippen molar-refractivity contribution in [1.82, 2.24) is 15.4 Å². The van der Waals surface area contributed by atoms with Crippen LogP contribution in [0.15, 0.2) is 42.6 Å². The van der Waals surface area contributed by atoms with E-state index in [4.69, 9.17) is 0 Å². The van der Waals surface area contributed by atoms with Crippen molar-refractivity contribution in [3.8, 4) is 5.75 Å². The SMILES string of the molecule is CCC(C)N1NCN(c2ccc(N3CCN(c4ccc(O)cc4)CC3)nc2)C1=O. The Labute approximate surface area is 171 Å². The summed E-state index contributed by atoms with van der Waals surface area (Å²) >= 11 is 0. The molecule has 0 bridgehead atoms. The third-order valence-corrected chi connectivity index (χ3v) is 5.73. The van der Waals surface area contributed by atoms with Gasteiger partial charge in [0.1, 0.15) is 11.6 Å². The maximum absolute atomic E-state index is 12.6. The number of carbonyl (C=O) groups excluding carboxylic acids is 1. The monoisotopic (exact) mass is 396 g/mol. The number of hydrogen-bond donors (Lipinski definition) is 2. The van der Waals surface area contributed by atoms with Crippen molar-refractivity contribution in [3.05, 3.63) is 42.6 Å². The number of phenols is 1. The Morgan fingerprint density at radius 3 is 2.31 bits per heavy atom. The molecule has 0 radical (unpaired) electrons. The molecule has 2 aliphatic rings. The van der Waals surface area contributed by atoms with Crippen molar-refractivity contribution in [1.29, 1.82) is 0 Å². The van der Waals surface area contributed by atoms with E-state index in [1.165, 1.54) is 0 Å². The van der Waals surface area contributed by atoms with Crippen molar-refractivity contribution in [3.63, 3.8) is 0 Å². The molecule has 0 spiro atoms.